The normalized spacial score (nSPS) is 10.4. The van der Waals surface area contributed by atoms with Crippen LogP contribution in [0.2, 0.25) is 5.02 Å². The van der Waals surface area contributed by atoms with E-state index in [1.165, 1.54) is 0 Å². The monoisotopic (exact) mass is 326 g/mol. The maximum absolute atomic E-state index is 6.19. The van der Waals surface area contributed by atoms with Crippen molar-refractivity contribution >= 4 is 33.3 Å². The highest BCUT2D eigenvalue weighted by atomic mass is 79.9. The fourth-order valence-electron chi connectivity index (χ4n) is 1.54. The predicted octanol–water partition coefficient (Wildman–Crippen LogP) is 3.41. The summed E-state index contributed by atoms with van der Waals surface area (Å²) in [6, 6.07) is 7.41. The number of aryl methyl sites for hydroxylation is 1. The summed E-state index contributed by atoms with van der Waals surface area (Å²) in [4.78, 5) is 8.77. The van der Waals surface area contributed by atoms with Gasteiger partial charge in [0.25, 0.3) is 0 Å². The molecule has 2 aromatic rings. The lowest BCUT2D eigenvalue weighted by Crippen LogP contribution is -2.10. The van der Waals surface area contributed by atoms with Gasteiger partial charge in [0.15, 0.2) is 5.82 Å². The number of nitrogen functional groups attached to an aromatic ring is 1. The smallest absolute Gasteiger partial charge is 0.163 e. The van der Waals surface area contributed by atoms with E-state index in [0.29, 0.717) is 16.7 Å². The highest BCUT2D eigenvalue weighted by molar-refractivity contribution is 9.10. The molecule has 0 unspecified atom stereocenters. The summed E-state index contributed by atoms with van der Waals surface area (Å²) >= 11 is 9.56. The Hall–Kier alpha value is -1.17. The minimum Gasteiger partial charge on any atom is -0.308 e. The molecule has 0 atom stereocenters. The summed E-state index contributed by atoms with van der Waals surface area (Å²) in [5.41, 5.74) is 4.23. The van der Waals surface area contributed by atoms with E-state index in [4.69, 9.17) is 17.4 Å². The number of anilines is 1. The molecule has 0 aliphatic carbocycles. The summed E-state index contributed by atoms with van der Waals surface area (Å²) in [6.45, 7) is 2.02. The number of nitrogens with zero attached hydrogens (tertiary/aromatic N) is 2. The standard InChI is InChI=1S/C12H12BrClN4/c1-2-8-6-11(18-15)17-12(16-8)9-4-3-7(13)5-10(9)14/h3-6H,2,15H2,1H3,(H,16,17,18). The second-order valence-corrected chi connectivity index (χ2v) is 5.01. The number of nitrogens with one attached hydrogen (secondary N) is 1. The number of hydrogen-bond donors (Lipinski definition) is 2. The lowest BCUT2D eigenvalue weighted by molar-refractivity contribution is 1.00. The highest BCUT2D eigenvalue weighted by Gasteiger charge is 2.09. The Labute approximate surface area is 119 Å². The fourth-order valence-corrected chi connectivity index (χ4v) is 2.30. The van der Waals surface area contributed by atoms with E-state index in [0.717, 1.165) is 22.2 Å². The molecule has 0 aliphatic heterocycles. The van der Waals surface area contributed by atoms with Gasteiger partial charge in [-0.25, -0.2) is 15.8 Å². The van der Waals surface area contributed by atoms with Crippen LogP contribution in [-0.4, -0.2) is 9.97 Å². The number of aromatic nitrogens is 2. The van der Waals surface area contributed by atoms with Crippen molar-refractivity contribution in [1.29, 1.82) is 0 Å². The number of halogens is 2. The SMILES string of the molecule is CCc1cc(NN)nc(-c2ccc(Br)cc2Cl)n1. The summed E-state index contributed by atoms with van der Waals surface area (Å²) in [5.74, 6) is 6.55. The molecule has 1 aromatic carbocycles. The first kappa shape index (κ1) is 13.3. The molecule has 1 aromatic heterocycles. The van der Waals surface area contributed by atoms with Crippen LogP contribution in [0.25, 0.3) is 11.4 Å². The number of rotatable bonds is 3. The summed E-state index contributed by atoms with van der Waals surface area (Å²) in [7, 11) is 0. The number of hydrazine groups is 1. The first-order chi connectivity index (χ1) is 8.63. The van der Waals surface area contributed by atoms with Gasteiger partial charge in [0, 0.05) is 21.8 Å². The Morgan fingerprint density at radius 3 is 2.72 bits per heavy atom. The van der Waals surface area contributed by atoms with E-state index in [-0.39, 0.29) is 0 Å². The van der Waals surface area contributed by atoms with E-state index in [9.17, 15) is 0 Å². The Balaban J connectivity index is 2.55. The van der Waals surface area contributed by atoms with Gasteiger partial charge in [0.2, 0.25) is 0 Å². The molecule has 0 saturated heterocycles. The van der Waals surface area contributed by atoms with E-state index in [1.54, 1.807) is 0 Å². The molecular weight excluding hydrogens is 316 g/mol. The summed E-state index contributed by atoms with van der Waals surface area (Å²) in [5, 5.41) is 0.598. The lowest BCUT2D eigenvalue weighted by atomic mass is 10.2. The van der Waals surface area contributed by atoms with Gasteiger partial charge in [-0.2, -0.15) is 0 Å². The fraction of sp³-hybridized carbons (Fsp3) is 0.167. The molecule has 3 N–H and O–H groups in total. The van der Waals surface area contributed by atoms with Crippen molar-refractivity contribution in [3.63, 3.8) is 0 Å². The molecule has 0 bridgehead atoms. The van der Waals surface area contributed by atoms with Crippen LogP contribution in [0.5, 0.6) is 0 Å². The number of nitrogens with two attached hydrogens (primary N) is 1. The van der Waals surface area contributed by atoms with Crippen LogP contribution >= 0.6 is 27.5 Å². The average molecular weight is 328 g/mol. The molecule has 0 saturated carbocycles. The third-order valence-electron chi connectivity index (χ3n) is 2.46. The van der Waals surface area contributed by atoms with Crippen LogP contribution in [0, 0.1) is 0 Å². The van der Waals surface area contributed by atoms with Crippen molar-refractivity contribution in [3.05, 3.63) is 39.5 Å². The molecule has 94 valence electrons. The van der Waals surface area contributed by atoms with Crippen molar-refractivity contribution in [2.75, 3.05) is 5.43 Å². The molecule has 6 heteroatoms. The van der Waals surface area contributed by atoms with Crippen LogP contribution < -0.4 is 11.3 Å². The first-order valence-electron chi connectivity index (χ1n) is 5.44. The molecular formula is C12H12BrClN4. The van der Waals surface area contributed by atoms with Crippen LogP contribution in [0.15, 0.2) is 28.7 Å². The Morgan fingerprint density at radius 2 is 2.11 bits per heavy atom. The van der Waals surface area contributed by atoms with Gasteiger partial charge in [-0.3, -0.25) is 0 Å². The third-order valence-corrected chi connectivity index (χ3v) is 3.27. The quantitative estimate of drug-likeness (QED) is 0.670. The summed E-state index contributed by atoms with van der Waals surface area (Å²) < 4.78 is 0.917. The molecule has 0 amide bonds. The Kier molecular flexibility index (Phi) is 4.16. The van der Waals surface area contributed by atoms with Crippen molar-refractivity contribution in [3.8, 4) is 11.4 Å². The molecule has 0 spiro atoms. The van der Waals surface area contributed by atoms with E-state index >= 15 is 0 Å². The third kappa shape index (κ3) is 2.80. The molecule has 2 rings (SSSR count). The van der Waals surface area contributed by atoms with Gasteiger partial charge >= 0.3 is 0 Å². The topological polar surface area (TPSA) is 63.8 Å². The summed E-state index contributed by atoms with van der Waals surface area (Å²) in [6.07, 6.45) is 0.804. The zero-order valence-corrected chi connectivity index (χ0v) is 12.1. The molecule has 4 nitrogen and oxygen atoms in total. The zero-order chi connectivity index (χ0) is 13.1. The molecule has 0 aliphatic rings. The van der Waals surface area contributed by atoms with Crippen molar-refractivity contribution in [1.82, 2.24) is 9.97 Å². The van der Waals surface area contributed by atoms with E-state index in [1.807, 2.05) is 31.2 Å². The highest BCUT2D eigenvalue weighted by Crippen LogP contribution is 2.29. The van der Waals surface area contributed by atoms with Crippen LogP contribution in [0.4, 0.5) is 5.82 Å². The van der Waals surface area contributed by atoms with Crippen LogP contribution in [0.1, 0.15) is 12.6 Å². The van der Waals surface area contributed by atoms with Crippen molar-refractivity contribution < 1.29 is 0 Å². The maximum atomic E-state index is 6.19. The van der Waals surface area contributed by atoms with Crippen LogP contribution in [0.3, 0.4) is 0 Å². The first-order valence-corrected chi connectivity index (χ1v) is 6.61. The molecule has 18 heavy (non-hydrogen) atoms. The number of benzene rings is 1. The van der Waals surface area contributed by atoms with E-state index in [2.05, 4.69) is 31.3 Å². The molecule has 1 heterocycles. The number of hydrogen-bond acceptors (Lipinski definition) is 4. The zero-order valence-electron chi connectivity index (χ0n) is 9.74. The Morgan fingerprint density at radius 1 is 1.33 bits per heavy atom. The largest absolute Gasteiger partial charge is 0.308 e. The predicted molar refractivity (Wildman–Crippen MR) is 77.4 cm³/mol. The Bertz CT molecular complexity index is 552. The van der Waals surface area contributed by atoms with Gasteiger partial charge in [-0.15, -0.1) is 0 Å². The van der Waals surface area contributed by atoms with Gasteiger partial charge in [0.05, 0.1) is 5.02 Å². The van der Waals surface area contributed by atoms with Gasteiger partial charge in [-0.1, -0.05) is 34.5 Å². The minimum atomic E-state index is 0.569. The maximum Gasteiger partial charge on any atom is 0.163 e. The van der Waals surface area contributed by atoms with E-state index < -0.39 is 0 Å². The minimum absolute atomic E-state index is 0.569. The second-order valence-electron chi connectivity index (χ2n) is 3.69. The molecule has 0 fully saturated rings. The van der Waals surface area contributed by atoms with Crippen molar-refractivity contribution in [2.45, 2.75) is 13.3 Å². The average Bonchev–Trinajstić information content (AvgIpc) is 2.38. The van der Waals surface area contributed by atoms with Gasteiger partial charge in [-0.05, 0) is 24.6 Å². The van der Waals surface area contributed by atoms with Crippen LogP contribution in [-0.2, 0) is 6.42 Å². The van der Waals surface area contributed by atoms with Crippen molar-refractivity contribution in [2.24, 2.45) is 5.84 Å². The second kappa shape index (κ2) is 5.65. The van der Waals surface area contributed by atoms with Gasteiger partial charge in [0.1, 0.15) is 5.82 Å². The molecule has 0 radical (unpaired) electrons. The van der Waals surface area contributed by atoms with Gasteiger partial charge < -0.3 is 5.43 Å². The lowest BCUT2D eigenvalue weighted by Gasteiger charge is -2.08.